The summed E-state index contributed by atoms with van der Waals surface area (Å²) in [6.45, 7) is 0.226. The van der Waals surface area contributed by atoms with Gasteiger partial charge >= 0.3 is 11.9 Å². The number of hydrogen-bond acceptors (Lipinski definition) is 5. The molecule has 0 bridgehead atoms. The van der Waals surface area contributed by atoms with Crippen LogP contribution in [0.2, 0.25) is 0 Å². The molecule has 0 atom stereocenters. The van der Waals surface area contributed by atoms with Crippen LogP contribution in [0.1, 0.15) is 18.6 Å². The van der Waals surface area contributed by atoms with Crippen LogP contribution in [0.25, 0.3) is 0 Å². The van der Waals surface area contributed by atoms with Crippen molar-refractivity contribution >= 4 is 11.9 Å². The number of hydrogen-bond donors (Lipinski definition) is 1. The molecule has 1 heterocycles. The molecule has 1 aliphatic carbocycles. The van der Waals surface area contributed by atoms with Crippen molar-refractivity contribution in [3.05, 3.63) is 28.0 Å². The van der Waals surface area contributed by atoms with Crippen molar-refractivity contribution in [1.29, 1.82) is 0 Å². The topological polar surface area (TPSA) is 96.8 Å². The van der Waals surface area contributed by atoms with Gasteiger partial charge in [-0.2, -0.15) is 0 Å². The summed E-state index contributed by atoms with van der Waals surface area (Å²) in [7, 11) is 0. The van der Waals surface area contributed by atoms with E-state index in [1.54, 1.807) is 4.90 Å². The van der Waals surface area contributed by atoms with E-state index in [9.17, 15) is 14.9 Å². The van der Waals surface area contributed by atoms with Gasteiger partial charge in [-0.15, -0.1) is 0 Å². The fourth-order valence-corrected chi connectivity index (χ4v) is 1.68. The first-order valence-corrected chi connectivity index (χ1v) is 5.25. The molecule has 0 unspecified atom stereocenters. The number of rotatable bonds is 6. The van der Waals surface area contributed by atoms with Gasteiger partial charge in [0.05, 0.1) is 19.2 Å². The zero-order valence-electron chi connectivity index (χ0n) is 9.04. The standard InChI is InChI=1S/C10H12N2O5/c13-10(14)6-11(7-1-2-7)5-8-3-4-9(17-8)12(15)16/h3-4,7H,1-2,5-6H2,(H,13,14). The molecule has 1 aliphatic rings. The molecule has 0 aliphatic heterocycles. The van der Waals surface area contributed by atoms with Crippen LogP contribution >= 0.6 is 0 Å². The zero-order valence-corrected chi connectivity index (χ0v) is 9.04. The molecule has 0 aromatic carbocycles. The second kappa shape index (κ2) is 4.54. The number of nitrogens with zero attached hydrogens (tertiary/aromatic N) is 2. The molecule has 0 spiro atoms. The lowest BCUT2D eigenvalue weighted by Crippen LogP contribution is -2.31. The molecule has 0 saturated heterocycles. The molecular formula is C10H12N2O5. The number of carboxylic acid groups (broad SMARTS) is 1. The van der Waals surface area contributed by atoms with E-state index in [1.807, 2.05) is 0 Å². The second-order valence-corrected chi connectivity index (χ2v) is 4.03. The molecule has 0 radical (unpaired) electrons. The third-order valence-corrected chi connectivity index (χ3v) is 2.59. The van der Waals surface area contributed by atoms with Crippen molar-refractivity contribution in [3.63, 3.8) is 0 Å². The maximum absolute atomic E-state index is 10.7. The summed E-state index contributed by atoms with van der Waals surface area (Å²) >= 11 is 0. The van der Waals surface area contributed by atoms with Crippen molar-refractivity contribution in [2.75, 3.05) is 6.54 Å². The van der Waals surface area contributed by atoms with Crippen LogP contribution in [0.5, 0.6) is 0 Å². The highest BCUT2D eigenvalue weighted by Crippen LogP contribution is 2.28. The number of aliphatic carboxylic acids is 1. The number of carboxylic acids is 1. The van der Waals surface area contributed by atoms with Gasteiger partial charge in [0.2, 0.25) is 0 Å². The molecule has 7 nitrogen and oxygen atoms in total. The van der Waals surface area contributed by atoms with Crippen LogP contribution in [0, 0.1) is 10.1 Å². The third-order valence-electron chi connectivity index (χ3n) is 2.59. The lowest BCUT2D eigenvalue weighted by atomic mass is 10.3. The van der Waals surface area contributed by atoms with Crippen LogP contribution in [0.15, 0.2) is 16.5 Å². The molecule has 1 saturated carbocycles. The monoisotopic (exact) mass is 240 g/mol. The summed E-state index contributed by atoms with van der Waals surface area (Å²) in [5.41, 5.74) is 0. The molecular weight excluding hydrogens is 228 g/mol. The zero-order chi connectivity index (χ0) is 12.4. The molecule has 1 N–H and O–H groups in total. The first kappa shape index (κ1) is 11.6. The number of furan rings is 1. The molecule has 1 aromatic rings. The Bertz CT molecular complexity index is 438. The van der Waals surface area contributed by atoms with Crippen LogP contribution in [-0.4, -0.2) is 33.5 Å². The fraction of sp³-hybridized carbons (Fsp3) is 0.500. The van der Waals surface area contributed by atoms with Crippen LogP contribution in [-0.2, 0) is 11.3 Å². The second-order valence-electron chi connectivity index (χ2n) is 4.03. The van der Waals surface area contributed by atoms with Gasteiger partial charge in [0.1, 0.15) is 10.7 Å². The average Bonchev–Trinajstić information content (AvgIpc) is 2.97. The average molecular weight is 240 g/mol. The van der Waals surface area contributed by atoms with E-state index in [0.717, 1.165) is 12.8 Å². The van der Waals surface area contributed by atoms with Gasteiger partial charge in [-0.1, -0.05) is 0 Å². The van der Waals surface area contributed by atoms with Gasteiger partial charge in [-0.05, 0) is 18.9 Å². The lowest BCUT2D eigenvalue weighted by Gasteiger charge is -2.17. The Morgan fingerprint density at radius 3 is 2.76 bits per heavy atom. The summed E-state index contributed by atoms with van der Waals surface area (Å²) in [5.74, 6) is -0.797. The summed E-state index contributed by atoms with van der Waals surface area (Å²) in [6.07, 6.45) is 1.94. The predicted octanol–water partition coefficient (Wildman–Crippen LogP) is 1.24. The van der Waals surface area contributed by atoms with E-state index in [0.29, 0.717) is 12.3 Å². The molecule has 1 aromatic heterocycles. The SMILES string of the molecule is O=C(O)CN(Cc1ccc([N+](=O)[O-])o1)C1CC1. The molecule has 1 fully saturated rings. The smallest absolute Gasteiger partial charge is 0.433 e. The van der Waals surface area contributed by atoms with Crippen molar-refractivity contribution in [3.8, 4) is 0 Å². The first-order valence-electron chi connectivity index (χ1n) is 5.25. The van der Waals surface area contributed by atoms with Crippen molar-refractivity contribution in [2.24, 2.45) is 0 Å². The van der Waals surface area contributed by atoms with Gasteiger partial charge in [-0.3, -0.25) is 19.8 Å². The molecule has 92 valence electrons. The maximum atomic E-state index is 10.7. The van der Waals surface area contributed by atoms with Gasteiger partial charge in [0, 0.05) is 6.04 Å². The minimum atomic E-state index is -0.905. The van der Waals surface area contributed by atoms with Gasteiger partial charge in [-0.25, -0.2) is 0 Å². The quantitative estimate of drug-likeness (QED) is 0.593. The van der Waals surface area contributed by atoms with E-state index in [2.05, 4.69) is 0 Å². The molecule has 2 rings (SSSR count). The summed E-state index contributed by atoms with van der Waals surface area (Å²) in [5, 5.41) is 19.2. The maximum Gasteiger partial charge on any atom is 0.433 e. The highest BCUT2D eigenvalue weighted by Gasteiger charge is 2.31. The van der Waals surface area contributed by atoms with E-state index in [1.165, 1.54) is 12.1 Å². The Morgan fingerprint density at radius 2 is 2.29 bits per heavy atom. The van der Waals surface area contributed by atoms with Crippen molar-refractivity contribution < 1.29 is 19.2 Å². The van der Waals surface area contributed by atoms with Crippen molar-refractivity contribution in [2.45, 2.75) is 25.4 Å². The van der Waals surface area contributed by atoms with Crippen molar-refractivity contribution in [1.82, 2.24) is 4.90 Å². The minimum Gasteiger partial charge on any atom is -0.480 e. The van der Waals surface area contributed by atoms with Crippen LogP contribution < -0.4 is 0 Å². The Hall–Kier alpha value is -1.89. The third kappa shape index (κ3) is 3.04. The summed E-state index contributed by atoms with van der Waals surface area (Å²) < 4.78 is 5.00. The van der Waals surface area contributed by atoms with Gasteiger partial charge < -0.3 is 9.52 Å². The summed E-state index contributed by atoms with van der Waals surface area (Å²) in [6, 6.07) is 3.05. The highest BCUT2D eigenvalue weighted by molar-refractivity contribution is 5.69. The minimum absolute atomic E-state index is 0.0703. The Morgan fingerprint density at radius 1 is 1.59 bits per heavy atom. The normalized spacial score (nSPS) is 15.1. The van der Waals surface area contributed by atoms with Gasteiger partial charge in [0.15, 0.2) is 0 Å². The number of carbonyl (C=O) groups is 1. The van der Waals surface area contributed by atoms with Crippen LogP contribution in [0.3, 0.4) is 0 Å². The Kier molecular flexibility index (Phi) is 3.10. The summed E-state index contributed by atoms with van der Waals surface area (Å²) in [4.78, 5) is 22.2. The van der Waals surface area contributed by atoms with Gasteiger partial charge in [0.25, 0.3) is 0 Å². The first-order chi connectivity index (χ1) is 8.06. The van der Waals surface area contributed by atoms with E-state index in [-0.39, 0.29) is 18.5 Å². The van der Waals surface area contributed by atoms with E-state index in [4.69, 9.17) is 9.52 Å². The van der Waals surface area contributed by atoms with Crippen LogP contribution in [0.4, 0.5) is 5.88 Å². The molecule has 7 heteroatoms. The largest absolute Gasteiger partial charge is 0.480 e. The molecule has 17 heavy (non-hydrogen) atoms. The predicted molar refractivity (Wildman–Crippen MR) is 56.4 cm³/mol. The Balaban J connectivity index is 2.01. The molecule has 0 amide bonds. The van der Waals surface area contributed by atoms with E-state index < -0.39 is 10.9 Å². The van der Waals surface area contributed by atoms with E-state index >= 15 is 0 Å². The highest BCUT2D eigenvalue weighted by atomic mass is 16.6. The Labute approximate surface area is 96.8 Å². The lowest BCUT2D eigenvalue weighted by molar-refractivity contribution is -0.402. The fourth-order valence-electron chi connectivity index (χ4n) is 1.68. The number of nitro groups is 1.